The van der Waals surface area contributed by atoms with Gasteiger partial charge in [0.15, 0.2) is 5.69 Å². The Morgan fingerprint density at radius 3 is 3.21 bits per heavy atom. The standard InChI is InChI=1S/C8H13N5O/c9-11-8(14)7-3-6(12-13-7)5-1-2-10-4-5/h3,5,10H,1-2,4,9H2,(H,11,14)(H,12,13). The van der Waals surface area contributed by atoms with Gasteiger partial charge in [-0.15, -0.1) is 0 Å². The van der Waals surface area contributed by atoms with E-state index in [-0.39, 0.29) is 5.91 Å². The zero-order valence-electron chi connectivity index (χ0n) is 7.71. The number of hydrogen-bond acceptors (Lipinski definition) is 4. The van der Waals surface area contributed by atoms with Crippen molar-refractivity contribution in [2.24, 2.45) is 5.84 Å². The average molecular weight is 195 g/mol. The fraction of sp³-hybridized carbons (Fsp3) is 0.500. The zero-order valence-corrected chi connectivity index (χ0v) is 7.71. The molecule has 14 heavy (non-hydrogen) atoms. The molecule has 1 atom stereocenters. The highest BCUT2D eigenvalue weighted by molar-refractivity contribution is 5.91. The monoisotopic (exact) mass is 195 g/mol. The largest absolute Gasteiger partial charge is 0.316 e. The molecule has 1 amide bonds. The van der Waals surface area contributed by atoms with Crippen LogP contribution in [0.15, 0.2) is 6.07 Å². The summed E-state index contributed by atoms with van der Waals surface area (Å²) in [5.74, 6) is 5.07. The highest BCUT2D eigenvalue weighted by Gasteiger charge is 2.20. The van der Waals surface area contributed by atoms with E-state index in [0.717, 1.165) is 25.2 Å². The molecule has 1 fully saturated rings. The first-order chi connectivity index (χ1) is 6.81. The number of nitrogens with one attached hydrogen (secondary N) is 3. The number of aromatic amines is 1. The van der Waals surface area contributed by atoms with Crippen molar-refractivity contribution in [1.29, 1.82) is 0 Å². The van der Waals surface area contributed by atoms with Crippen LogP contribution in [0.1, 0.15) is 28.5 Å². The van der Waals surface area contributed by atoms with Crippen molar-refractivity contribution in [3.05, 3.63) is 17.5 Å². The average Bonchev–Trinajstić information content (AvgIpc) is 2.86. The van der Waals surface area contributed by atoms with Crippen molar-refractivity contribution in [2.45, 2.75) is 12.3 Å². The van der Waals surface area contributed by atoms with E-state index in [4.69, 9.17) is 5.84 Å². The van der Waals surface area contributed by atoms with E-state index in [1.807, 2.05) is 5.43 Å². The smallest absolute Gasteiger partial charge is 0.285 e. The molecule has 1 aliphatic heterocycles. The molecule has 1 saturated heterocycles. The summed E-state index contributed by atoms with van der Waals surface area (Å²) in [7, 11) is 0. The van der Waals surface area contributed by atoms with Crippen LogP contribution in [-0.2, 0) is 0 Å². The number of rotatable bonds is 2. The molecule has 1 aromatic rings. The summed E-state index contributed by atoms with van der Waals surface area (Å²) < 4.78 is 0. The molecular formula is C8H13N5O. The number of nitrogens with zero attached hydrogens (tertiary/aromatic N) is 1. The summed E-state index contributed by atoms with van der Waals surface area (Å²) in [5.41, 5.74) is 3.38. The van der Waals surface area contributed by atoms with Gasteiger partial charge in [0.25, 0.3) is 5.91 Å². The SMILES string of the molecule is NNC(=O)c1cc(C2CCNC2)[nH]n1. The minimum atomic E-state index is -0.363. The fourth-order valence-corrected chi connectivity index (χ4v) is 1.66. The molecule has 6 nitrogen and oxygen atoms in total. The normalized spacial score (nSPS) is 21.1. The maximum absolute atomic E-state index is 11.1. The van der Waals surface area contributed by atoms with Crippen LogP contribution in [-0.4, -0.2) is 29.2 Å². The van der Waals surface area contributed by atoms with Crippen molar-refractivity contribution >= 4 is 5.91 Å². The Kier molecular flexibility index (Phi) is 2.47. The molecule has 0 aliphatic carbocycles. The minimum Gasteiger partial charge on any atom is -0.316 e. The highest BCUT2D eigenvalue weighted by atomic mass is 16.2. The maximum atomic E-state index is 11.1. The number of carbonyl (C=O) groups excluding carboxylic acids is 1. The quantitative estimate of drug-likeness (QED) is 0.279. The number of amides is 1. The van der Waals surface area contributed by atoms with E-state index in [1.165, 1.54) is 0 Å². The number of H-pyrrole nitrogens is 1. The first-order valence-electron chi connectivity index (χ1n) is 4.58. The van der Waals surface area contributed by atoms with Crippen LogP contribution in [0.2, 0.25) is 0 Å². The van der Waals surface area contributed by atoms with Gasteiger partial charge in [-0.3, -0.25) is 15.3 Å². The highest BCUT2D eigenvalue weighted by Crippen LogP contribution is 2.20. The lowest BCUT2D eigenvalue weighted by Crippen LogP contribution is -2.30. The third kappa shape index (κ3) is 1.61. The van der Waals surface area contributed by atoms with Crippen LogP contribution in [0, 0.1) is 0 Å². The van der Waals surface area contributed by atoms with E-state index in [1.54, 1.807) is 6.07 Å². The van der Waals surface area contributed by atoms with E-state index in [9.17, 15) is 4.79 Å². The number of aromatic nitrogens is 2. The first-order valence-corrected chi connectivity index (χ1v) is 4.58. The van der Waals surface area contributed by atoms with Gasteiger partial charge in [-0.25, -0.2) is 5.84 Å². The van der Waals surface area contributed by atoms with Gasteiger partial charge in [-0.05, 0) is 19.0 Å². The Balaban J connectivity index is 2.12. The molecule has 6 heteroatoms. The van der Waals surface area contributed by atoms with Crippen molar-refractivity contribution in [3.8, 4) is 0 Å². The Labute approximate surface area is 81.2 Å². The number of nitrogens with two attached hydrogens (primary N) is 1. The molecule has 1 aromatic heterocycles. The molecule has 2 heterocycles. The summed E-state index contributed by atoms with van der Waals surface area (Å²) in [6, 6.07) is 1.75. The van der Waals surface area contributed by atoms with Gasteiger partial charge in [-0.2, -0.15) is 5.10 Å². The van der Waals surface area contributed by atoms with Crippen LogP contribution in [0.25, 0.3) is 0 Å². The summed E-state index contributed by atoms with van der Waals surface area (Å²) >= 11 is 0. The second kappa shape index (κ2) is 3.77. The summed E-state index contributed by atoms with van der Waals surface area (Å²) in [6.07, 6.45) is 1.08. The number of carbonyl (C=O) groups is 1. The second-order valence-corrected chi connectivity index (χ2v) is 3.37. The maximum Gasteiger partial charge on any atom is 0.285 e. The Bertz CT molecular complexity index is 328. The van der Waals surface area contributed by atoms with Crippen molar-refractivity contribution < 1.29 is 4.79 Å². The summed E-state index contributed by atoms with van der Waals surface area (Å²) in [5, 5.41) is 9.99. The van der Waals surface area contributed by atoms with E-state index in [0.29, 0.717) is 11.6 Å². The molecule has 0 spiro atoms. The molecule has 2 rings (SSSR count). The van der Waals surface area contributed by atoms with Gasteiger partial charge in [0.2, 0.25) is 0 Å². The Morgan fingerprint density at radius 1 is 1.71 bits per heavy atom. The van der Waals surface area contributed by atoms with Crippen LogP contribution >= 0.6 is 0 Å². The van der Waals surface area contributed by atoms with Gasteiger partial charge in [0, 0.05) is 18.2 Å². The van der Waals surface area contributed by atoms with Gasteiger partial charge in [0.05, 0.1) is 0 Å². The van der Waals surface area contributed by atoms with E-state index < -0.39 is 0 Å². The number of nitrogen functional groups attached to an aromatic ring is 1. The summed E-state index contributed by atoms with van der Waals surface area (Å²) in [6.45, 7) is 1.95. The van der Waals surface area contributed by atoms with Crippen molar-refractivity contribution in [1.82, 2.24) is 20.9 Å². The van der Waals surface area contributed by atoms with Crippen LogP contribution in [0.5, 0.6) is 0 Å². The van der Waals surface area contributed by atoms with Gasteiger partial charge >= 0.3 is 0 Å². The lowest BCUT2D eigenvalue weighted by molar-refractivity contribution is 0.0948. The van der Waals surface area contributed by atoms with Gasteiger partial charge < -0.3 is 5.32 Å². The lowest BCUT2D eigenvalue weighted by atomic mass is 10.1. The Hall–Kier alpha value is -1.40. The Morgan fingerprint density at radius 2 is 2.57 bits per heavy atom. The number of hydrogen-bond donors (Lipinski definition) is 4. The van der Waals surface area contributed by atoms with Crippen LogP contribution in [0.4, 0.5) is 0 Å². The van der Waals surface area contributed by atoms with Crippen LogP contribution < -0.4 is 16.6 Å². The zero-order chi connectivity index (χ0) is 9.97. The molecule has 0 aromatic carbocycles. The van der Waals surface area contributed by atoms with E-state index in [2.05, 4.69) is 15.5 Å². The fourth-order valence-electron chi connectivity index (χ4n) is 1.66. The van der Waals surface area contributed by atoms with Gasteiger partial charge in [0.1, 0.15) is 0 Å². The van der Waals surface area contributed by atoms with Gasteiger partial charge in [-0.1, -0.05) is 0 Å². The predicted molar refractivity (Wildman–Crippen MR) is 50.5 cm³/mol. The summed E-state index contributed by atoms with van der Waals surface area (Å²) in [4.78, 5) is 11.1. The molecule has 5 N–H and O–H groups in total. The minimum absolute atomic E-state index is 0.342. The molecular weight excluding hydrogens is 182 g/mol. The molecule has 76 valence electrons. The molecule has 1 unspecified atom stereocenters. The van der Waals surface area contributed by atoms with Crippen LogP contribution in [0.3, 0.4) is 0 Å². The second-order valence-electron chi connectivity index (χ2n) is 3.37. The third-order valence-electron chi connectivity index (χ3n) is 2.46. The first kappa shape index (κ1) is 9.17. The molecule has 0 radical (unpaired) electrons. The molecule has 0 saturated carbocycles. The number of hydrazine groups is 1. The lowest BCUT2D eigenvalue weighted by Gasteiger charge is -2.02. The van der Waals surface area contributed by atoms with Crippen molar-refractivity contribution in [2.75, 3.05) is 13.1 Å². The molecule has 0 bridgehead atoms. The third-order valence-corrected chi connectivity index (χ3v) is 2.46. The van der Waals surface area contributed by atoms with Crippen molar-refractivity contribution in [3.63, 3.8) is 0 Å². The topological polar surface area (TPSA) is 95.8 Å². The van der Waals surface area contributed by atoms with E-state index >= 15 is 0 Å². The molecule has 1 aliphatic rings. The predicted octanol–water partition coefficient (Wildman–Crippen LogP) is -0.910.